The molecule has 2 aromatic rings. The summed E-state index contributed by atoms with van der Waals surface area (Å²) in [6.07, 6.45) is -4.38. The van der Waals surface area contributed by atoms with Gasteiger partial charge in [-0.1, -0.05) is 6.07 Å². The number of halogens is 4. The van der Waals surface area contributed by atoms with Crippen LogP contribution < -0.4 is 0 Å². The highest BCUT2D eigenvalue weighted by molar-refractivity contribution is 6.28. The molecule has 1 aromatic heterocycles. The van der Waals surface area contributed by atoms with Crippen molar-refractivity contribution in [3.8, 4) is 0 Å². The lowest BCUT2D eigenvalue weighted by atomic mass is 10.1. The van der Waals surface area contributed by atoms with Gasteiger partial charge in [-0.3, -0.25) is 0 Å². The molecule has 0 fully saturated rings. The monoisotopic (exact) mass is 246 g/mol. The number of fused-ring (bicyclic) bond motifs is 1. The molecule has 6 heteroatoms. The zero-order valence-electron chi connectivity index (χ0n) is 8.14. The summed E-state index contributed by atoms with van der Waals surface area (Å²) in [6, 6.07) is 3.33. The Hall–Kier alpha value is -1.36. The predicted molar refractivity (Wildman–Crippen MR) is 54.3 cm³/mol. The van der Waals surface area contributed by atoms with Crippen LogP contribution in [0.15, 0.2) is 18.2 Å². The highest BCUT2D eigenvalue weighted by atomic mass is 35.5. The summed E-state index contributed by atoms with van der Waals surface area (Å²) in [7, 11) is 0. The molecule has 0 N–H and O–H groups in total. The minimum Gasteiger partial charge on any atom is -0.223 e. The fourth-order valence-corrected chi connectivity index (χ4v) is 1.65. The fourth-order valence-electron chi connectivity index (χ4n) is 1.43. The summed E-state index contributed by atoms with van der Waals surface area (Å²) in [5.74, 6) is 0. The fraction of sp³-hybridized carbons (Fsp3) is 0.200. The average molecular weight is 247 g/mol. The van der Waals surface area contributed by atoms with Crippen LogP contribution in [0.5, 0.6) is 0 Å². The summed E-state index contributed by atoms with van der Waals surface area (Å²) < 4.78 is 37.3. The van der Waals surface area contributed by atoms with Crippen LogP contribution in [0, 0.1) is 6.92 Å². The summed E-state index contributed by atoms with van der Waals surface area (Å²) >= 11 is 5.59. The maximum atomic E-state index is 12.4. The number of hydrogen-bond acceptors (Lipinski definition) is 2. The second-order valence-corrected chi connectivity index (χ2v) is 3.65. The summed E-state index contributed by atoms with van der Waals surface area (Å²) in [5.41, 5.74) is 0.0187. The molecule has 0 unspecified atom stereocenters. The van der Waals surface area contributed by atoms with E-state index >= 15 is 0 Å². The molecule has 0 saturated heterocycles. The number of rotatable bonds is 0. The van der Waals surface area contributed by atoms with Crippen molar-refractivity contribution in [2.75, 3.05) is 0 Å². The molecule has 84 valence electrons. The van der Waals surface area contributed by atoms with Crippen LogP contribution in [-0.4, -0.2) is 9.97 Å². The smallest absolute Gasteiger partial charge is 0.223 e. The van der Waals surface area contributed by atoms with Crippen LogP contribution in [0.25, 0.3) is 10.9 Å². The van der Waals surface area contributed by atoms with Crippen molar-refractivity contribution in [2.24, 2.45) is 0 Å². The Labute approximate surface area is 94.1 Å². The third-order valence-corrected chi connectivity index (χ3v) is 2.36. The van der Waals surface area contributed by atoms with Crippen molar-refractivity contribution in [2.45, 2.75) is 13.1 Å². The van der Waals surface area contributed by atoms with Gasteiger partial charge in [-0.15, -0.1) is 0 Å². The van der Waals surface area contributed by atoms with Crippen LogP contribution >= 0.6 is 11.6 Å². The quantitative estimate of drug-likeness (QED) is 0.664. The standard InChI is InChI=1S/C10H6ClF3N2/c1-5-7-3-2-6(10(12,13)14)4-8(7)16-9(11)15-5/h2-4H,1H3. The van der Waals surface area contributed by atoms with Gasteiger partial charge in [0, 0.05) is 5.39 Å². The van der Waals surface area contributed by atoms with Gasteiger partial charge in [0.25, 0.3) is 0 Å². The predicted octanol–water partition coefficient (Wildman–Crippen LogP) is 3.61. The Morgan fingerprint density at radius 2 is 1.88 bits per heavy atom. The molecule has 16 heavy (non-hydrogen) atoms. The third-order valence-electron chi connectivity index (χ3n) is 2.19. The van der Waals surface area contributed by atoms with Crippen LogP contribution in [-0.2, 0) is 6.18 Å². The number of alkyl halides is 3. The molecule has 0 radical (unpaired) electrons. The van der Waals surface area contributed by atoms with E-state index in [1.54, 1.807) is 6.92 Å². The van der Waals surface area contributed by atoms with Gasteiger partial charge in [-0.25, -0.2) is 9.97 Å². The first kappa shape index (κ1) is 11.1. The molecule has 2 rings (SSSR count). The van der Waals surface area contributed by atoms with E-state index in [1.165, 1.54) is 6.07 Å². The van der Waals surface area contributed by atoms with E-state index < -0.39 is 11.7 Å². The van der Waals surface area contributed by atoms with Gasteiger partial charge < -0.3 is 0 Å². The highest BCUT2D eigenvalue weighted by Crippen LogP contribution is 2.31. The first-order valence-electron chi connectivity index (χ1n) is 4.39. The van der Waals surface area contributed by atoms with Gasteiger partial charge in [0.05, 0.1) is 16.8 Å². The van der Waals surface area contributed by atoms with E-state index in [0.29, 0.717) is 11.1 Å². The first-order chi connectivity index (χ1) is 7.38. The summed E-state index contributed by atoms with van der Waals surface area (Å²) in [5, 5.41) is 0.515. The summed E-state index contributed by atoms with van der Waals surface area (Å²) in [6.45, 7) is 1.67. The number of aromatic nitrogens is 2. The zero-order chi connectivity index (χ0) is 11.9. The Morgan fingerprint density at radius 1 is 1.19 bits per heavy atom. The van der Waals surface area contributed by atoms with Crippen molar-refractivity contribution in [1.82, 2.24) is 9.97 Å². The van der Waals surface area contributed by atoms with E-state index in [4.69, 9.17) is 11.6 Å². The van der Waals surface area contributed by atoms with E-state index in [2.05, 4.69) is 9.97 Å². The molecule has 2 nitrogen and oxygen atoms in total. The summed E-state index contributed by atoms with van der Waals surface area (Å²) in [4.78, 5) is 7.63. The normalized spacial score (nSPS) is 12.1. The minimum atomic E-state index is -4.38. The molecule has 0 aliphatic heterocycles. The van der Waals surface area contributed by atoms with E-state index in [-0.39, 0.29) is 10.8 Å². The van der Waals surface area contributed by atoms with Crippen molar-refractivity contribution >= 4 is 22.5 Å². The number of hydrogen-bond donors (Lipinski definition) is 0. The van der Waals surface area contributed by atoms with Gasteiger partial charge in [-0.2, -0.15) is 13.2 Å². The maximum Gasteiger partial charge on any atom is 0.416 e. The largest absolute Gasteiger partial charge is 0.416 e. The van der Waals surface area contributed by atoms with Crippen molar-refractivity contribution in [3.63, 3.8) is 0 Å². The molecule has 0 atom stereocenters. The van der Waals surface area contributed by atoms with E-state index in [1.807, 2.05) is 0 Å². The lowest BCUT2D eigenvalue weighted by Crippen LogP contribution is -2.05. The van der Waals surface area contributed by atoms with Crippen LogP contribution in [0.3, 0.4) is 0 Å². The van der Waals surface area contributed by atoms with Crippen LogP contribution in [0.4, 0.5) is 13.2 Å². The minimum absolute atomic E-state index is 0.0516. The van der Waals surface area contributed by atoms with Crippen LogP contribution in [0.2, 0.25) is 5.28 Å². The Balaban J connectivity index is 2.71. The second kappa shape index (κ2) is 3.59. The lowest BCUT2D eigenvalue weighted by molar-refractivity contribution is -0.137. The SMILES string of the molecule is Cc1nc(Cl)nc2cc(C(F)(F)F)ccc12. The topological polar surface area (TPSA) is 25.8 Å². The zero-order valence-corrected chi connectivity index (χ0v) is 8.89. The lowest BCUT2D eigenvalue weighted by Gasteiger charge is -2.08. The molecule has 0 aliphatic carbocycles. The molecule has 0 saturated carbocycles. The Bertz CT molecular complexity index is 551. The second-order valence-electron chi connectivity index (χ2n) is 3.31. The molecule has 0 aliphatic rings. The molecule has 0 amide bonds. The molecule has 0 spiro atoms. The van der Waals surface area contributed by atoms with Crippen molar-refractivity contribution < 1.29 is 13.2 Å². The number of benzene rings is 1. The first-order valence-corrected chi connectivity index (χ1v) is 4.77. The van der Waals surface area contributed by atoms with Gasteiger partial charge >= 0.3 is 6.18 Å². The Morgan fingerprint density at radius 3 is 2.50 bits per heavy atom. The van der Waals surface area contributed by atoms with Gasteiger partial charge in [0.2, 0.25) is 5.28 Å². The Kier molecular flexibility index (Phi) is 2.50. The highest BCUT2D eigenvalue weighted by Gasteiger charge is 2.30. The van der Waals surface area contributed by atoms with Gasteiger partial charge in [0.15, 0.2) is 0 Å². The van der Waals surface area contributed by atoms with Crippen molar-refractivity contribution in [3.05, 3.63) is 34.7 Å². The molecule has 0 bridgehead atoms. The van der Waals surface area contributed by atoms with E-state index in [0.717, 1.165) is 12.1 Å². The van der Waals surface area contributed by atoms with Crippen LogP contribution in [0.1, 0.15) is 11.3 Å². The van der Waals surface area contributed by atoms with Crippen molar-refractivity contribution in [1.29, 1.82) is 0 Å². The number of nitrogens with zero attached hydrogens (tertiary/aromatic N) is 2. The van der Waals surface area contributed by atoms with Gasteiger partial charge in [0.1, 0.15) is 0 Å². The maximum absolute atomic E-state index is 12.4. The average Bonchev–Trinajstić information content (AvgIpc) is 2.15. The molecule has 1 heterocycles. The number of aryl methyl sites for hydroxylation is 1. The van der Waals surface area contributed by atoms with Gasteiger partial charge in [-0.05, 0) is 30.7 Å². The molecular formula is C10H6ClF3N2. The third kappa shape index (κ3) is 1.95. The molecule has 1 aromatic carbocycles. The molecular weight excluding hydrogens is 241 g/mol. The van der Waals surface area contributed by atoms with E-state index in [9.17, 15) is 13.2 Å².